The number of hydrogen-bond donors (Lipinski definition) is 0. The fourth-order valence-corrected chi connectivity index (χ4v) is 3.77. The van der Waals surface area contributed by atoms with Gasteiger partial charge in [-0.1, -0.05) is 24.3 Å². The number of rotatable bonds is 5. The van der Waals surface area contributed by atoms with Crippen LogP contribution in [0.3, 0.4) is 0 Å². The molecule has 3 aliphatic rings. The van der Waals surface area contributed by atoms with E-state index in [1.165, 1.54) is 26.8 Å². The van der Waals surface area contributed by atoms with Crippen LogP contribution in [-0.2, 0) is 9.59 Å². The van der Waals surface area contributed by atoms with Crippen molar-refractivity contribution in [3.05, 3.63) is 57.7 Å². The van der Waals surface area contributed by atoms with Crippen LogP contribution in [0.25, 0.3) is 0 Å². The number of amides is 4. The smallest absolute Gasteiger partial charge is 0.321 e. The van der Waals surface area contributed by atoms with Crippen LogP contribution in [0.1, 0.15) is 12.8 Å². The van der Waals surface area contributed by atoms with E-state index < -0.39 is 4.92 Å². The van der Waals surface area contributed by atoms with Gasteiger partial charge in [-0.25, -0.2) is 4.79 Å². The maximum absolute atomic E-state index is 12.7. The molecule has 1 aromatic carbocycles. The van der Waals surface area contributed by atoms with E-state index in [0.717, 1.165) is 6.42 Å². The second-order valence-electron chi connectivity index (χ2n) is 6.76. The molecule has 0 spiro atoms. The number of carbonyl (C=O) groups is 3. The molecule has 1 aliphatic carbocycles. The summed E-state index contributed by atoms with van der Waals surface area (Å²) in [5.74, 6) is -0.607. The lowest BCUT2D eigenvalue weighted by Crippen LogP contribution is -2.41. The van der Waals surface area contributed by atoms with Crippen molar-refractivity contribution in [1.82, 2.24) is 9.80 Å². The van der Waals surface area contributed by atoms with Crippen molar-refractivity contribution < 1.29 is 19.3 Å². The van der Waals surface area contributed by atoms with Gasteiger partial charge in [-0.2, -0.15) is 0 Å². The molecule has 4 rings (SSSR count). The molecule has 0 bridgehead atoms. The van der Waals surface area contributed by atoms with Crippen LogP contribution in [-0.4, -0.2) is 58.7 Å². The quantitative estimate of drug-likeness (QED) is 0.439. The van der Waals surface area contributed by atoms with Crippen LogP contribution in [0.4, 0.5) is 16.2 Å². The van der Waals surface area contributed by atoms with Gasteiger partial charge in [0.25, 0.3) is 17.5 Å². The topological polar surface area (TPSA) is 104 Å². The maximum Gasteiger partial charge on any atom is 0.324 e. The summed E-state index contributed by atoms with van der Waals surface area (Å²) in [7, 11) is 0. The zero-order chi connectivity index (χ0) is 19.8. The summed E-state index contributed by atoms with van der Waals surface area (Å²) in [5, 5.41) is 11.2. The molecule has 4 amide bonds. The van der Waals surface area contributed by atoms with Gasteiger partial charge >= 0.3 is 6.03 Å². The third-order valence-electron chi connectivity index (χ3n) is 5.21. The summed E-state index contributed by atoms with van der Waals surface area (Å²) in [4.78, 5) is 52.4. The highest BCUT2D eigenvalue weighted by atomic mass is 16.6. The number of nitro benzene ring substituents is 1. The molecule has 0 aromatic heterocycles. The molecule has 1 aromatic rings. The van der Waals surface area contributed by atoms with Gasteiger partial charge in [0, 0.05) is 43.4 Å². The van der Waals surface area contributed by atoms with Gasteiger partial charge in [-0.3, -0.25) is 29.5 Å². The number of allylic oxidation sites excluding steroid dienone is 1. The maximum atomic E-state index is 12.7. The number of anilines is 1. The number of benzene rings is 1. The number of hydrogen-bond acceptors (Lipinski definition) is 5. The minimum atomic E-state index is -0.517. The Kier molecular flexibility index (Phi) is 4.42. The Hall–Kier alpha value is -3.49. The number of para-hydroxylation sites is 2. The van der Waals surface area contributed by atoms with E-state index in [1.54, 1.807) is 18.2 Å². The summed E-state index contributed by atoms with van der Waals surface area (Å²) in [6, 6.07) is 5.72. The Balaban J connectivity index is 1.44. The van der Waals surface area contributed by atoms with E-state index in [2.05, 4.69) is 0 Å². The van der Waals surface area contributed by atoms with Gasteiger partial charge < -0.3 is 4.90 Å². The Labute approximate surface area is 160 Å². The molecule has 1 fully saturated rings. The average molecular weight is 382 g/mol. The molecule has 0 N–H and O–H groups in total. The Morgan fingerprint density at radius 3 is 2.57 bits per heavy atom. The van der Waals surface area contributed by atoms with E-state index in [1.807, 2.05) is 6.08 Å². The van der Waals surface area contributed by atoms with Gasteiger partial charge in [0.2, 0.25) is 0 Å². The summed E-state index contributed by atoms with van der Waals surface area (Å²) in [6.07, 6.45) is 4.86. The average Bonchev–Trinajstić information content (AvgIpc) is 3.18. The van der Waals surface area contributed by atoms with Crippen molar-refractivity contribution in [2.45, 2.75) is 12.8 Å². The molecular formula is C19H18N4O5. The largest absolute Gasteiger partial charge is 0.324 e. The molecule has 2 heterocycles. The minimum absolute atomic E-state index is 0.106. The molecule has 0 unspecified atom stereocenters. The monoisotopic (exact) mass is 382 g/mol. The first-order valence-corrected chi connectivity index (χ1v) is 9.05. The first kappa shape index (κ1) is 17.9. The van der Waals surface area contributed by atoms with Crippen LogP contribution >= 0.6 is 0 Å². The van der Waals surface area contributed by atoms with Gasteiger partial charge in [-0.15, -0.1) is 0 Å². The summed E-state index contributed by atoms with van der Waals surface area (Å²) in [6.45, 7) is 0.976. The van der Waals surface area contributed by atoms with Gasteiger partial charge in [0.1, 0.15) is 5.69 Å². The predicted octanol–water partition coefficient (Wildman–Crippen LogP) is 1.85. The SMILES string of the molecule is O=C1C2=C(CCC=C2)C(=O)N1CCN1CCN(c2ccccc2[N+](=O)[O-])C1=O. The zero-order valence-electron chi connectivity index (χ0n) is 15.0. The standard InChI is InChI=1S/C19H18N4O5/c24-17-13-5-1-2-6-14(13)18(25)22(17)12-10-20-9-11-21(19(20)26)15-7-3-4-8-16(15)23(27)28/h1,3-5,7-8H,2,6,9-12H2. The molecule has 0 atom stereocenters. The third-order valence-corrected chi connectivity index (χ3v) is 5.21. The zero-order valence-corrected chi connectivity index (χ0v) is 15.0. The van der Waals surface area contributed by atoms with Crippen molar-refractivity contribution >= 4 is 29.2 Å². The highest BCUT2D eigenvalue weighted by Gasteiger charge is 2.39. The highest BCUT2D eigenvalue weighted by molar-refractivity contribution is 6.20. The van der Waals surface area contributed by atoms with Gasteiger partial charge in [-0.05, 0) is 18.9 Å². The fraction of sp³-hybridized carbons (Fsp3) is 0.316. The predicted molar refractivity (Wildman–Crippen MR) is 99.5 cm³/mol. The summed E-state index contributed by atoms with van der Waals surface area (Å²) in [5.41, 5.74) is 1.11. The Morgan fingerprint density at radius 2 is 1.82 bits per heavy atom. The van der Waals surface area contributed by atoms with Gasteiger partial charge in [0.15, 0.2) is 0 Å². The summed E-state index contributed by atoms with van der Waals surface area (Å²) >= 11 is 0. The molecule has 9 nitrogen and oxygen atoms in total. The first-order chi connectivity index (χ1) is 13.5. The van der Waals surface area contributed by atoms with E-state index in [-0.39, 0.29) is 42.3 Å². The lowest BCUT2D eigenvalue weighted by Gasteiger charge is -2.21. The second kappa shape index (κ2) is 6.91. The van der Waals surface area contributed by atoms with Crippen LogP contribution < -0.4 is 4.90 Å². The number of carbonyl (C=O) groups excluding carboxylic acids is 3. The Morgan fingerprint density at radius 1 is 1.04 bits per heavy atom. The molecule has 9 heteroatoms. The lowest BCUT2D eigenvalue weighted by molar-refractivity contribution is -0.384. The van der Waals surface area contributed by atoms with Crippen molar-refractivity contribution in [1.29, 1.82) is 0 Å². The molecule has 28 heavy (non-hydrogen) atoms. The van der Waals surface area contributed by atoms with Crippen LogP contribution in [0, 0.1) is 10.1 Å². The van der Waals surface area contributed by atoms with Crippen LogP contribution in [0.5, 0.6) is 0 Å². The van der Waals surface area contributed by atoms with Crippen molar-refractivity contribution in [2.75, 3.05) is 31.1 Å². The van der Waals surface area contributed by atoms with Crippen LogP contribution in [0.15, 0.2) is 47.6 Å². The molecular weight excluding hydrogens is 364 g/mol. The van der Waals surface area contributed by atoms with E-state index in [4.69, 9.17) is 0 Å². The van der Waals surface area contributed by atoms with E-state index >= 15 is 0 Å². The molecule has 0 radical (unpaired) electrons. The molecule has 0 saturated carbocycles. The number of urea groups is 1. The minimum Gasteiger partial charge on any atom is -0.321 e. The van der Waals surface area contributed by atoms with Crippen molar-refractivity contribution in [3.63, 3.8) is 0 Å². The summed E-state index contributed by atoms with van der Waals surface area (Å²) < 4.78 is 0. The number of nitrogens with zero attached hydrogens (tertiary/aromatic N) is 4. The Bertz CT molecular complexity index is 951. The first-order valence-electron chi connectivity index (χ1n) is 9.05. The van der Waals surface area contributed by atoms with Crippen molar-refractivity contribution in [2.24, 2.45) is 0 Å². The highest BCUT2D eigenvalue weighted by Crippen LogP contribution is 2.31. The fourth-order valence-electron chi connectivity index (χ4n) is 3.77. The number of nitro groups is 1. The molecule has 2 aliphatic heterocycles. The number of imide groups is 1. The second-order valence-corrected chi connectivity index (χ2v) is 6.76. The molecule has 144 valence electrons. The van der Waals surface area contributed by atoms with Crippen molar-refractivity contribution in [3.8, 4) is 0 Å². The van der Waals surface area contributed by atoms with E-state index in [9.17, 15) is 24.5 Å². The lowest BCUT2D eigenvalue weighted by atomic mass is 10.00. The van der Waals surface area contributed by atoms with Crippen LogP contribution in [0.2, 0.25) is 0 Å². The van der Waals surface area contributed by atoms with E-state index in [0.29, 0.717) is 30.7 Å². The normalized spacial score (nSPS) is 19.1. The molecule has 1 saturated heterocycles. The third kappa shape index (κ3) is 2.84. The van der Waals surface area contributed by atoms with Gasteiger partial charge in [0.05, 0.1) is 4.92 Å².